The van der Waals surface area contributed by atoms with Gasteiger partial charge < -0.3 is 24.8 Å². The largest absolute Gasteiger partial charge is 0.469 e. The molecule has 0 spiro atoms. The first kappa shape index (κ1) is 30.6. The maximum atomic E-state index is 9.53. The maximum Gasteiger partial charge on any atom is 0.109 e. The Labute approximate surface area is 251 Å². The summed E-state index contributed by atoms with van der Waals surface area (Å²) in [4.78, 5) is 9.40. The van der Waals surface area contributed by atoms with E-state index in [1.807, 2.05) is 30.5 Å². The number of aliphatic hydroxyl groups is 4. The zero-order valence-electron chi connectivity index (χ0n) is 24.1. The number of rotatable bonds is 0. The van der Waals surface area contributed by atoms with E-state index in [0.717, 1.165) is 93.1 Å². The fourth-order valence-electron chi connectivity index (χ4n) is 6.14. The molecule has 0 aromatic carbocycles. The van der Waals surface area contributed by atoms with Crippen molar-refractivity contribution >= 4 is 11.3 Å². The number of nitrogens with zero attached hydrogens (tertiary/aromatic N) is 2. The summed E-state index contributed by atoms with van der Waals surface area (Å²) in [7, 11) is 0. The lowest BCUT2D eigenvalue weighted by atomic mass is 9.91. The normalized spacial score (nSPS) is 23.5. The van der Waals surface area contributed by atoms with Crippen LogP contribution >= 0.6 is 11.3 Å². The minimum atomic E-state index is -0.275. The van der Waals surface area contributed by atoms with Gasteiger partial charge in [0.1, 0.15) is 5.76 Å². The molecule has 0 saturated heterocycles. The van der Waals surface area contributed by atoms with Crippen molar-refractivity contribution in [1.29, 1.82) is 0 Å². The first-order valence-corrected chi connectivity index (χ1v) is 16.1. The summed E-state index contributed by atoms with van der Waals surface area (Å²) in [5, 5.41) is 40.0. The molecule has 4 atom stereocenters. The quantitative estimate of drug-likeness (QED) is 0.181. The predicted molar refractivity (Wildman–Crippen MR) is 163 cm³/mol. The molecule has 0 unspecified atom stereocenters. The molecule has 8 rings (SSSR count). The van der Waals surface area contributed by atoms with Crippen LogP contribution < -0.4 is 0 Å². The van der Waals surface area contributed by atoms with Gasteiger partial charge in [-0.25, -0.2) is 0 Å². The molecule has 0 bridgehead atoms. The highest BCUT2D eigenvalue weighted by Gasteiger charge is 2.20. The number of aromatic nitrogens is 2. The Kier molecular flexibility index (Phi) is 10.9. The third-order valence-corrected chi connectivity index (χ3v) is 9.49. The highest BCUT2D eigenvalue weighted by molar-refractivity contribution is 7.10. The number of fused-ring (bicyclic) bond motifs is 4. The second-order valence-corrected chi connectivity index (χ2v) is 12.4. The predicted octanol–water partition coefficient (Wildman–Crippen LogP) is 6.67. The van der Waals surface area contributed by atoms with Gasteiger partial charge in [0.25, 0.3) is 0 Å². The van der Waals surface area contributed by atoms with Crippen molar-refractivity contribution < 1.29 is 24.8 Å². The zero-order chi connectivity index (χ0) is 29.3. The molecule has 0 fully saturated rings. The Balaban J connectivity index is 0.000000112. The lowest BCUT2D eigenvalue weighted by molar-refractivity contribution is 0.152. The van der Waals surface area contributed by atoms with Crippen LogP contribution in [0.2, 0.25) is 0 Å². The number of thiophene rings is 1. The SMILES string of the molecule is O[C@H]1CCCc2ccncc21.O[C@H]1CCCc2cnccc21.O[C@H]1CCCc2occc21.O[C@H]1CCCc2sccc21. The standard InChI is InChI=1S/2C9H11NO.C8H10O2.C8H10OS/c11-9-3-1-2-7-6-10-5-4-8(7)9;11-9-3-1-2-7-4-5-10-6-8(7)9;2*9-7-2-1-3-8-6(7)4-5-10-8/h2*4-6,9,11H,1-3H2;2*4-5,7,9H,1-3H2/t2*9-;2*7-/m0000/s1. The van der Waals surface area contributed by atoms with Gasteiger partial charge >= 0.3 is 0 Å². The number of furan rings is 1. The molecular formula is C34H42N2O5S. The number of hydrogen-bond donors (Lipinski definition) is 4. The summed E-state index contributed by atoms with van der Waals surface area (Å²) in [5.41, 5.74) is 6.75. The second-order valence-electron chi connectivity index (χ2n) is 11.4. The smallest absolute Gasteiger partial charge is 0.109 e. The van der Waals surface area contributed by atoms with Gasteiger partial charge in [-0.3, -0.25) is 9.97 Å². The second kappa shape index (κ2) is 15.0. The number of aliphatic hydroxyl groups excluding tert-OH is 4. The molecule has 42 heavy (non-hydrogen) atoms. The highest BCUT2D eigenvalue weighted by Crippen LogP contribution is 2.33. The lowest BCUT2D eigenvalue weighted by Crippen LogP contribution is -2.08. The van der Waals surface area contributed by atoms with E-state index in [2.05, 4.69) is 15.3 Å². The van der Waals surface area contributed by atoms with Crippen molar-refractivity contribution in [3.63, 3.8) is 0 Å². The number of hydrogen-bond acceptors (Lipinski definition) is 8. The molecule has 4 N–H and O–H groups in total. The molecule has 4 aromatic heterocycles. The Morgan fingerprint density at radius 1 is 0.595 bits per heavy atom. The molecule has 224 valence electrons. The van der Waals surface area contributed by atoms with E-state index in [0.29, 0.717) is 0 Å². The minimum Gasteiger partial charge on any atom is -0.469 e. The van der Waals surface area contributed by atoms with Gasteiger partial charge in [-0.1, -0.05) is 0 Å². The Hall–Kier alpha value is -2.88. The third-order valence-electron chi connectivity index (χ3n) is 8.49. The van der Waals surface area contributed by atoms with Crippen LogP contribution in [0.1, 0.15) is 120 Å². The minimum absolute atomic E-state index is 0.171. The van der Waals surface area contributed by atoms with Crippen LogP contribution in [-0.4, -0.2) is 30.4 Å². The van der Waals surface area contributed by atoms with E-state index in [1.54, 1.807) is 36.2 Å². The lowest BCUT2D eigenvalue weighted by Gasteiger charge is -2.19. The molecule has 4 aliphatic carbocycles. The maximum absolute atomic E-state index is 9.53. The molecule has 8 heteroatoms. The van der Waals surface area contributed by atoms with Crippen LogP contribution in [-0.2, 0) is 25.7 Å². The molecule has 0 aliphatic heterocycles. The molecule has 0 amide bonds. The average Bonchev–Trinajstić information content (AvgIpc) is 3.71. The third kappa shape index (κ3) is 7.74. The van der Waals surface area contributed by atoms with Crippen molar-refractivity contribution in [3.05, 3.63) is 105 Å². The van der Waals surface area contributed by atoms with Gasteiger partial charge in [0.2, 0.25) is 0 Å². The Bertz CT molecular complexity index is 1300. The number of aryl methyl sites for hydroxylation is 4. The average molecular weight is 591 g/mol. The topological polar surface area (TPSA) is 120 Å². The summed E-state index contributed by atoms with van der Waals surface area (Å²) >= 11 is 1.77. The van der Waals surface area contributed by atoms with Crippen molar-refractivity contribution in [2.45, 2.75) is 101 Å². The van der Waals surface area contributed by atoms with Gasteiger partial charge in [-0.15, -0.1) is 11.3 Å². The monoisotopic (exact) mass is 590 g/mol. The molecule has 4 aromatic rings. The summed E-state index contributed by atoms with van der Waals surface area (Å²) in [5.74, 6) is 0.971. The molecule has 4 aliphatic rings. The molecular weight excluding hydrogens is 548 g/mol. The molecule has 0 saturated carbocycles. The molecule has 4 heterocycles. The van der Waals surface area contributed by atoms with Crippen LogP contribution in [0, 0.1) is 0 Å². The van der Waals surface area contributed by atoms with Gasteiger partial charge in [-0.05, 0) is 123 Å². The van der Waals surface area contributed by atoms with E-state index in [1.165, 1.54) is 28.0 Å². The van der Waals surface area contributed by atoms with E-state index in [4.69, 9.17) is 4.42 Å². The van der Waals surface area contributed by atoms with E-state index in [-0.39, 0.29) is 24.4 Å². The summed E-state index contributed by atoms with van der Waals surface area (Å²) < 4.78 is 5.17. The van der Waals surface area contributed by atoms with Crippen molar-refractivity contribution in [2.24, 2.45) is 0 Å². The van der Waals surface area contributed by atoms with Crippen molar-refractivity contribution in [2.75, 3.05) is 0 Å². The zero-order valence-corrected chi connectivity index (χ0v) is 24.9. The highest BCUT2D eigenvalue weighted by atomic mass is 32.1. The Morgan fingerprint density at radius 3 is 1.93 bits per heavy atom. The van der Waals surface area contributed by atoms with Crippen molar-refractivity contribution in [1.82, 2.24) is 9.97 Å². The van der Waals surface area contributed by atoms with Crippen molar-refractivity contribution in [3.8, 4) is 0 Å². The van der Waals surface area contributed by atoms with Crippen LogP contribution in [0.3, 0.4) is 0 Å². The van der Waals surface area contributed by atoms with Crippen LogP contribution in [0.4, 0.5) is 0 Å². The summed E-state index contributed by atoms with van der Waals surface area (Å²) in [6, 6.07) is 7.82. The summed E-state index contributed by atoms with van der Waals surface area (Å²) in [6.45, 7) is 0. The van der Waals surface area contributed by atoms with E-state index < -0.39 is 0 Å². The van der Waals surface area contributed by atoms with Crippen LogP contribution in [0.15, 0.2) is 65.1 Å². The number of pyridine rings is 2. The fourth-order valence-corrected chi connectivity index (χ4v) is 7.12. The van der Waals surface area contributed by atoms with Gasteiger partial charge in [0.05, 0.1) is 30.7 Å². The fraction of sp³-hybridized carbons (Fsp3) is 0.471. The molecule has 0 radical (unpaired) electrons. The van der Waals surface area contributed by atoms with Gasteiger partial charge in [-0.2, -0.15) is 0 Å². The van der Waals surface area contributed by atoms with E-state index >= 15 is 0 Å². The van der Waals surface area contributed by atoms with E-state index in [9.17, 15) is 20.4 Å². The Morgan fingerprint density at radius 2 is 1.21 bits per heavy atom. The van der Waals surface area contributed by atoms with Gasteiger partial charge in [0.15, 0.2) is 0 Å². The van der Waals surface area contributed by atoms with Gasteiger partial charge in [0, 0.05) is 47.2 Å². The first-order valence-electron chi connectivity index (χ1n) is 15.2. The molecule has 7 nitrogen and oxygen atoms in total. The van der Waals surface area contributed by atoms with Crippen LogP contribution in [0.25, 0.3) is 0 Å². The van der Waals surface area contributed by atoms with Crippen LogP contribution in [0.5, 0.6) is 0 Å². The first-order chi connectivity index (χ1) is 20.5. The summed E-state index contributed by atoms with van der Waals surface area (Å²) in [6.07, 6.45) is 20.2.